The molecule has 1 aliphatic heterocycles. The number of carbonyl (C=O) groups is 1. The summed E-state index contributed by atoms with van der Waals surface area (Å²) in [5.74, 6) is 1.10. The van der Waals surface area contributed by atoms with Crippen molar-refractivity contribution in [3.05, 3.63) is 47.1 Å². The third kappa shape index (κ3) is 3.90. The van der Waals surface area contributed by atoms with Gasteiger partial charge in [0.15, 0.2) is 0 Å². The molecule has 0 radical (unpaired) electrons. The third-order valence-electron chi connectivity index (χ3n) is 5.30. The lowest BCUT2D eigenvalue weighted by molar-refractivity contribution is -0.135. The first-order chi connectivity index (χ1) is 13.7. The second-order valence-corrected chi connectivity index (χ2v) is 8.01. The maximum absolute atomic E-state index is 12.9. The number of benzene rings is 1. The highest BCUT2D eigenvalue weighted by Gasteiger charge is 2.26. The molecule has 1 aliphatic rings. The fourth-order valence-corrected chi connectivity index (χ4v) is 4.04. The van der Waals surface area contributed by atoms with E-state index in [-0.39, 0.29) is 12.5 Å². The Kier molecular flexibility index (Phi) is 5.62. The lowest BCUT2D eigenvalue weighted by atomic mass is 10.00. The molecule has 3 heterocycles. The minimum absolute atomic E-state index is 0.150. The van der Waals surface area contributed by atoms with Crippen molar-refractivity contribution in [1.82, 2.24) is 19.6 Å². The predicted octanol–water partition coefficient (Wildman–Crippen LogP) is 4.76. The third-order valence-corrected chi connectivity index (χ3v) is 5.83. The van der Waals surface area contributed by atoms with E-state index in [4.69, 9.17) is 4.52 Å². The van der Waals surface area contributed by atoms with Gasteiger partial charge in [0.2, 0.25) is 11.7 Å². The Morgan fingerprint density at radius 1 is 1.25 bits per heavy atom. The number of amides is 1. The summed E-state index contributed by atoms with van der Waals surface area (Å²) in [4.78, 5) is 19.5. The molecule has 1 saturated heterocycles. The van der Waals surface area contributed by atoms with Crippen LogP contribution in [0.4, 0.5) is 0 Å². The average molecular weight is 443 g/mol. The zero-order valence-electron chi connectivity index (χ0n) is 15.8. The molecule has 1 fully saturated rings. The van der Waals surface area contributed by atoms with Crippen LogP contribution in [0.1, 0.15) is 32.6 Å². The standard InChI is InChI=1S/C21H23BrN4O2/c1-2-17-6-3-4-13-26(17)19(27)14-25-12-5-7-18(25)21-23-20(24-28-21)15-8-10-16(22)11-9-15/h5,7-12,17H,2-4,6,13-14H2,1H3. The monoisotopic (exact) mass is 442 g/mol. The van der Waals surface area contributed by atoms with E-state index in [9.17, 15) is 4.79 Å². The fraction of sp³-hybridized carbons (Fsp3) is 0.381. The minimum Gasteiger partial charge on any atom is -0.338 e. The lowest BCUT2D eigenvalue weighted by Crippen LogP contribution is -2.44. The smallest absolute Gasteiger partial charge is 0.274 e. The van der Waals surface area contributed by atoms with Crippen molar-refractivity contribution in [2.24, 2.45) is 0 Å². The van der Waals surface area contributed by atoms with E-state index in [2.05, 4.69) is 33.0 Å². The van der Waals surface area contributed by atoms with E-state index in [1.165, 1.54) is 6.42 Å². The lowest BCUT2D eigenvalue weighted by Gasteiger charge is -2.35. The van der Waals surface area contributed by atoms with Crippen LogP contribution in [0, 0.1) is 0 Å². The van der Waals surface area contributed by atoms with Crippen molar-refractivity contribution in [2.75, 3.05) is 6.54 Å². The van der Waals surface area contributed by atoms with Crippen LogP contribution >= 0.6 is 15.9 Å². The zero-order chi connectivity index (χ0) is 19.5. The number of hydrogen-bond donors (Lipinski definition) is 0. The van der Waals surface area contributed by atoms with Gasteiger partial charge in [-0.05, 0) is 62.1 Å². The number of halogens is 1. The van der Waals surface area contributed by atoms with Crippen LogP contribution in [-0.2, 0) is 11.3 Å². The number of rotatable bonds is 5. The first-order valence-electron chi connectivity index (χ1n) is 9.70. The van der Waals surface area contributed by atoms with E-state index < -0.39 is 0 Å². The van der Waals surface area contributed by atoms with Crippen LogP contribution in [0.15, 0.2) is 51.6 Å². The van der Waals surface area contributed by atoms with Crippen LogP contribution in [0.25, 0.3) is 23.0 Å². The van der Waals surface area contributed by atoms with Gasteiger partial charge in [0.1, 0.15) is 12.2 Å². The Balaban J connectivity index is 1.53. The Morgan fingerprint density at radius 3 is 2.86 bits per heavy atom. The Morgan fingerprint density at radius 2 is 2.07 bits per heavy atom. The maximum Gasteiger partial charge on any atom is 0.274 e. The molecule has 2 aromatic heterocycles. The van der Waals surface area contributed by atoms with Crippen molar-refractivity contribution in [3.63, 3.8) is 0 Å². The van der Waals surface area contributed by atoms with Crippen molar-refractivity contribution in [1.29, 1.82) is 0 Å². The first-order valence-corrected chi connectivity index (χ1v) is 10.5. The number of hydrogen-bond acceptors (Lipinski definition) is 4. The Bertz CT molecular complexity index is 947. The number of piperidine rings is 1. The molecule has 1 aromatic carbocycles. The van der Waals surface area contributed by atoms with Gasteiger partial charge in [0.25, 0.3) is 5.89 Å². The van der Waals surface area contributed by atoms with Gasteiger partial charge in [-0.25, -0.2) is 0 Å². The maximum atomic E-state index is 12.9. The molecule has 1 unspecified atom stereocenters. The van der Waals surface area contributed by atoms with Crippen LogP contribution in [-0.4, -0.2) is 38.1 Å². The molecule has 4 rings (SSSR count). The highest BCUT2D eigenvalue weighted by Crippen LogP contribution is 2.25. The molecule has 0 N–H and O–H groups in total. The first kappa shape index (κ1) is 18.9. The van der Waals surface area contributed by atoms with E-state index in [1.54, 1.807) is 0 Å². The number of likely N-dealkylation sites (tertiary alicyclic amines) is 1. The van der Waals surface area contributed by atoms with Crippen LogP contribution < -0.4 is 0 Å². The number of nitrogens with zero attached hydrogens (tertiary/aromatic N) is 4. The van der Waals surface area contributed by atoms with E-state index in [0.717, 1.165) is 41.5 Å². The average Bonchev–Trinajstić information content (AvgIpc) is 3.38. The molecule has 3 aromatic rings. The second-order valence-electron chi connectivity index (χ2n) is 7.10. The molecule has 7 heteroatoms. The molecule has 0 bridgehead atoms. The van der Waals surface area contributed by atoms with Gasteiger partial charge in [-0.2, -0.15) is 4.98 Å². The van der Waals surface area contributed by atoms with Gasteiger partial charge < -0.3 is 14.0 Å². The summed E-state index contributed by atoms with van der Waals surface area (Å²) < 4.78 is 8.37. The van der Waals surface area contributed by atoms with Crippen molar-refractivity contribution < 1.29 is 9.32 Å². The summed E-state index contributed by atoms with van der Waals surface area (Å²) in [7, 11) is 0. The van der Waals surface area contributed by atoms with Crippen molar-refractivity contribution >= 4 is 21.8 Å². The molecule has 0 spiro atoms. The number of carbonyl (C=O) groups excluding carboxylic acids is 1. The van der Waals surface area contributed by atoms with Gasteiger partial charge in [-0.15, -0.1) is 0 Å². The van der Waals surface area contributed by atoms with E-state index in [0.29, 0.717) is 17.8 Å². The highest BCUT2D eigenvalue weighted by atomic mass is 79.9. The summed E-state index contributed by atoms with van der Waals surface area (Å²) in [5, 5.41) is 4.10. The molecular formula is C21H23BrN4O2. The van der Waals surface area contributed by atoms with Gasteiger partial charge in [-0.3, -0.25) is 4.79 Å². The summed E-state index contributed by atoms with van der Waals surface area (Å²) in [6, 6.07) is 11.9. The molecule has 1 atom stereocenters. The summed E-state index contributed by atoms with van der Waals surface area (Å²) >= 11 is 3.43. The zero-order valence-corrected chi connectivity index (χ0v) is 17.4. The van der Waals surface area contributed by atoms with Gasteiger partial charge in [0.05, 0.1) is 0 Å². The van der Waals surface area contributed by atoms with Gasteiger partial charge in [0, 0.05) is 28.8 Å². The molecule has 0 saturated carbocycles. The normalized spacial score (nSPS) is 17.1. The molecular weight excluding hydrogens is 420 g/mol. The molecule has 146 valence electrons. The molecule has 0 aliphatic carbocycles. The fourth-order valence-electron chi connectivity index (χ4n) is 3.78. The van der Waals surface area contributed by atoms with Gasteiger partial charge >= 0.3 is 0 Å². The second kappa shape index (κ2) is 8.31. The molecule has 1 amide bonds. The SMILES string of the molecule is CCC1CCCCN1C(=O)Cn1cccc1-c1nc(-c2ccc(Br)cc2)no1. The summed E-state index contributed by atoms with van der Waals surface area (Å²) in [5.41, 5.74) is 1.64. The van der Waals surface area contributed by atoms with Crippen LogP contribution in [0.2, 0.25) is 0 Å². The van der Waals surface area contributed by atoms with Crippen LogP contribution in [0.3, 0.4) is 0 Å². The van der Waals surface area contributed by atoms with Gasteiger partial charge in [-0.1, -0.05) is 28.0 Å². The summed E-state index contributed by atoms with van der Waals surface area (Å²) in [6.45, 7) is 3.29. The molecule has 28 heavy (non-hydrogen) atoms. The predicted molar refractivity (Wildman–Crippen MR) is 111 cm³/mol. The molecule has 6 nitrogen and oxygen atoms in total. The number of aromatic nitrogens is 3. The Labute approximate surface area is 172 Å². The quantitative estimate of drug-likeness (QED) is 0.571. The Hall–Kier alpha value is -2.41. The minimum atomic E-state index is 0.150. The largest absolute Gasteiger partial charge is 0.338 e. The van der Waals surface area contributed by atoms with Crippen LogP contribution in [0.5, 0.6) is 0 Å². The highest BCUT2D eigenvalue weighted by molar-refractivity contribution is 9.10. The topological polar surface area (TPSA) is 64.2 Å². The van der Waals surface area contributed by atoms with Crippen molar-refractivity contribution in [3.8, 4) is 23.0 Å². The van der Waals surface area contributed by atoms with E-state index >= 15 is 0 Å². The van der Waals surface area contributed by atoms with E-state index in [1.807, 2.05) is 52.1 Å². The summed E-state index contributed by atoms with van der Waals surface area (Å²) in [6.07, 6.45) is 6.28. The van der Waals surface area contributed by atoms with Crippen molar-refractivity contribution in [2.45, 2.75) is 45.2 Å².